The zero-order chi connectivity index (χ0) is 18.8. The maximum absolute atomic E-state index is 12.3. The zero-order valence-corrected chi connectivity index (χ0v) is 15.9. The lowest BCUT2D eigenvalue weighted by Crippen LogP contribution is -2.37. The van der Waals surface area contributed by atoms with Gasteiger partial charge in [0.1, 0.15) is 6.61 Å². The molecule has 0 N–H and O–H groups in total. The summed E-state index contributed by atoms with van der Waals surface area (Å²) < 4.78 is 10.1. The van der Waals surface area contributed by atoms with E-state index in [-0.39, 0.29) is 25.5 Å². The van der Waals surface area contributed by atoms with Crippen molar-refractivity contribution in [1.29, 1.82) is 0 Å². The Bertz CT molecular complexity index is 1080. The lowest BCUT2D eigenvalue weighted by molar-refractivity contribution is -0.143. The van der Waals surface area contributed by atoms with Gasteiger partial charge in [-0.05, 0) is 17.7 Å². The Kier molecular flexibility index (Phi) is 5.08. The monoisotopic (exact) mass is 420 g/mol. The molecule has 0 saturated heterocycles. The molecule has 0 unspecified atom stereocenters. The van der Waals surface area contributed by atoms with Crippen molar-refractivity contribution >= 4 is 33.1 Å². The first kappa shape index (κ1) is 18.1. The van der Waals surface area contributed by atoms with E-state index in [0.717, 1.165) is 14.6 Å². The van der Waals surface area contributed by atoms with Gasteiger partial charge in [0, 0.05) is 18.6 Å². The maximum atomic E-state index is 12.3. The van der Waals surface area contributed by atoms with Crippen LogP contribution in [0.15, 0.2) is 44.7 Å². The summed E-state index contributed by atoms with van der Waals surface area (Å²) in [5, 5.41) is 0. The van der Waals surface area contributed by atoms with Crippen LogP contribution in [0.1, 0.15) is 5.56 Å². The summed E-state index contributed by atoms with van der Waals surface area (Å²) in [6.07, 6.45) is 1.64. The number of ether oxygens (including phenoxy) is 1. The molecule has 3 aromatic rings. The molecule has 0 fully saturated rings. The second kappa shape index (κ2) is 7.28. The Balaban J connectivity index is 1.69. The van der Waals surface area contributed by atoms with E-state index in [2.05, 4.69) is 20.9 Å². The highest BCUT2D eigenvalue weighted by molar-refractivity contribution is 9.10. The van der Waals surface area contributed by atoms with Crippen LogP contribution >= 0.6 is 15.9 Å². The number of imidazole rings is 1. The van der Waals surface area contributed by atoms with E-state index in [0.29, 0.717) is 11.2 Å². The molecule has 2 aromatic heterocycles. The topological polar surface area (TPSA) is 88.1 Å². The fraction of sp³-hybridized carbons (Fsp3) is 0.294. The third-order valence-electron chi connectivity index (χ3n) is 4.07. The second-order valence-electron chi connectivity index (χ2n) is 5.84. The summed E-state index contributed by atoms with van der Waals surface area (Å²) in [4.78, 5) is 40.3. The van der Waals surface area contributed by atoms with Crippen molar-refractivity contribution in [1.82, 2.24) is 18.7 Å². The number of esters is 1. The zero-order valence-electron chi connectivity index (χ0n) is 14.3. The van der Waals surface area contributed by atoms with Crippen molar-refractivity contribution < 1.29 is 9.53 Å². The highest BCUT2D eigenvalue weighted by Crippen LogP contribution is 2.11. The fourth-order valence-corrected chi connectivity index (χ4v) is 2.91. The van der Waals surface area contributed by atoms with Crippen LogP contribution in [0.3, 0.4) is 0 Å². The molecule has 0 amide bonds. The minimum Gasteiger partial charge on any atom is -0.464 e. The normalized spacial score (nSPS) is 11.0. The first-order valence-electron chi connectivity index (χ1n) is 7.89. The summed E-state index contributed by atoms with van der Waals surface area (Å²) in [5.41, 5.74) is 0.600. The third kappa shape index (κ3) is 3.48. The molecule has 8 nitrogen and oxygen atoms in total. The molecule has 0 aliphatic rings. The smallest absolute Gasteiger partial charge is 0.332 e. The molecule has 0 saturated carbocycles. The van der Waals surface area contributed by atoms with Gasteiger partial charge in [0.25, 0.3) is 5.56 Å². The van der Waals surface area contributed by atoms with E-state index in [1.807, 2.05) is 24.3 Å². The lowest BCUT2D eigenvalue weighted by Gasteiger charge is -2.08. The Morgan fingerprint density at radius 2 is 1.85 bits per heavy atom. The number of aryl methyl sites for hydroxylation is 1. The number of hydrogen-bond acceptors (Lipinski definition) is 5. The van der Waals surface area contributed by atoms with E-state index in [1.54, 1.807) is 11.6 Å². The van der Waals surface area contributed by atoms with Crippen molar-refractivity contribution in [2.45, 2.75) is 13.0 Å². The van der Waals surface area contributed by atoms with E-state index in [4.69, 9.17) is 4.74 Å². The molecule has 0 aliphatic heterocycles. The molecular weight excluding hydrogens is 404 g/mol. The van der Waals surface area contributed by atoms with Gasteiger partial charge in [0.15, 0.2) is 11.2 Å². The van der Waals surface area contributed by atoms with Gasteiger partial charge in [-0.2, -0.15) is 0 Å². The predicted octanol–water partition coefficient (Wildman–Crippen LogP) is 0.982. The van der Waals surface area contributed by atoms with Crippen LogP contribution < -0.4 is 11.2 Å². The van der Waals surface area contributed by atoms with Crippen molar-refractivity contribution in [3.05, 3.63) is 61.5 Å². The van der Waals surface area contributed by atoms with Crippen molar-refractivity contribution in [2.75, 3.05) is 6.61 Å². The molecular formula is C17H17BrN4O4. The first-order chi connectivity index (χ1) is 12.4. The molecule has 1 aromatic carbocycles. The summed E-state index contributed by atoms with van der Waals surface area (Å²) in [6.45, 7) is 0.378. The number of benzene rings is 1. The van der Waals surface area contributed by atoms with Crippen molar-refractivity contribution in [3.8, 4) is 0 Å². The minimum absolute atomic E-state index is 0.104. The van der Waals surface area contributed by atoms with Gasteiger partial charge in [0.2, 0.25) is 0 Å². The average molecular weight is 421 g/mol. The summed E-state index contributed by atoms with van der Waals surface area (Å²) in [7, 11) is 2.97. The number of aromatic nitrogens is 4. The molecule has 0 aliphatic carbocycles. The molecule has 26 heavy (non-hydrogen) atoms. The average Bonchev–Trinajstić information content (AvgIpc) is 3.04. The first-order valence-corrected chi connectivity index (χ1v) is 8.68. The van der Waals surface area contributed by atoms with Gasteiger partial charge in [-0.25, -0.2) is 9.78 Å². The largest absolute Gasteiger partial charge is 0.464 e. The number of halogens is 1. The SMILES string of the molecule is Cn1c(=O)c2c(ncn2CCOC(=O)Cc2ccc(Br)cc2)n(C)c1=O. The fourth-order valence-electron chi connectivity index (χ4n) is 2.64. The van der Waals surface area contributed by atoms with Crippen molar-refractivity contribution in [3.63, 3.8) is 0 Å². The van der Waals surface area contributed by atoms with Crippen LogP contribution in [0.25, 0.3) is 11.2 Å². The summed E-state index contributed by atoms with van der Waals surface area (Å²) in [5.74, 6) is -0.350. The second-order valence-corrected chi connectivity index (χ2v) is 6.76. The Morgan fingerprint density at radius 3 is 2.54 bits per heavy atom. The van der Waals surface area contributed by atoms with E-state index >= 15 is 0 Å². The Morgan fingerprint density at radius 1 is 1.15 bits per heavy atom. The van der Waals surface area contributed by atoms with Gasteiger partial charge < -0.3 is 9.30 Å². The molecule has 0 bridgehead atoms. The van der Waals surface area contributed by atoms with Gasteiger partial charge in [0.05, 0.1) is 19.3 Å². The molecule has 0 radical (unpaired) electrons. The highest BCUT2D eigenvalue weighted by atomic mass is 79.9. The molecule has 0 spiro atoms. The molecule has 9 heteroatoms. The van der Waals surface area contributed by atoms with Crippen LogP contribution in [0.2, 0.25) is 0 Å². The van der Waals surface area contributed by atoms with Gasteiger partial charge in [-0.3, -0.25) is 18.7 Å². The maximum Gasteiger partial charge on any atom is 0.332 e. The number of carbonyl (C=O) groups excluding carboxylic acids is 1. The van der Waals surface area contributed by atoms with Crippen LogP contribution in [-0.2, 0) is 36.6 Å². The summed E-state index contributed by atoms with van der Waals surface area (Å²) >= 11 is 3.34. The predicted molar refractivity (Wildman–Crippen MR) is 99.0 cm³/mol. The standard InChI is InChI=1S/C17H17BrN4O4/c1-20-15-14(16(24)21(2)17(20)25)22(10-19-15)7-8-26-13(23)9-11-3-5-12(18)6-4-11/h3-6,10H,7-9H2,1-2H3. The highest BCUT2D eigenvalue weighted by Gasteiger charge is 2.14. The van der Waals surface area contributed by atoms with Gasteiger partial charge in [-0.1, -0.05) is 28.1 Å². The van der Waals surface area contributed by atoms with Gasteiger partial charge >= 0.3 is 11.7 Å². The molecule has 136 valence electrons. The molecule has 2 heterocycles. The summed E-state index contributed by atoms with van der Waals surface area (Å²) in [6, 6.07) is 7.42. The van der Waals surface area contributed by atoms with E-state index in [9.17, 15) is 14.4 Å². The lowest BCUT2D eigenvalue weighted by atomic mass is 10.2. The molecule has 3 rings (SSSR count). The van der Waals surface area contributed by atoms with Gasteiger partial charge in [-0.15, -0.1) is 0 Å². The number of carbonyl (C=O) groups is 1. The number of fused-ring (bicyclic) bond motifs is 1. The third-order valence-corrected chi connectivity index (χ3v) is 4.60. The van der Waals surface area contributed by atoms with Crippen LogP contribution in [0, 0.1) is 0 Å². The Labute approximate surface area is 156 Å². The van der Waals surface area contributed by atoms with E-state index < -0.39 is 11.2 Å². The number of rotatable bonds is 5. The van der Waals surface area contributed by atoms with Crippen LogP contribution in [0.4, 0.5) is 0 Å². The van der Waals surface area contributed by atoms with Crippen LogP contribution in [0.5, 0.6) is 0 Å². The van der Waals surface area contributed by atoms with Crippen molar-refractivity contribution in [2.24, 2.45) is 14.1 Å². The minimum atomic E-state index is -0.436. The Hall–Kier alpha value is -2.68. The number of hydrogen-bond donors (Lipinski definition) is 0. The van der Waals surface area contributed by atoms with E-state index in [1.165, 1.54) is 17.9 Å². The molecule has 0 atom stereocenters. The van der Waals surface area contributed by atoms with Crippen LogP contribution in [-0.4, -0.2) is 31.3 Å². The quantitative estimate of drug-likeness (QED) is 0.574. The number of nitrogens with zero attached hydrogens (tertiary/aromatic N) is 4.